The van der Waals surface area contributed by atoms with Crippen LogP contribution in [0.15, 0.2) is 6.07 Å². The van der Waals surface area contributed by atoms with E-state index in [-0.39, 0.29) is 18.0 Å². The monoisotopic (exact) mass is 236 g/mol. The molecule has 5 heteroatoms. The first-order valence-electron chi connectivity index (χ1n) is 6.10. The zero-order valence-electron chi connectivity index (χ0n) is 10.7. The first kappa shape index (κ1) is 12.1. The van der Waals surface area contributed by atoms with Crippen molar-refractivity contribution < 1.29 is 4.79 Å². The Morgan fingerprint density at radius 1 is 1.59 bits per heavy atom. The van der Waals surface area contributed by atoms with E-state index in [4.69, 9.17) is 5.73 Å². The van der Waals surface area contributed by atoms with Gasteiger partial charge >= 0.3 is 0 Å². The lowest BCUT2D eigenvalue weighted by atomic mass is 10.1. The highest BCUT2D eigenvalue weighted by molar-refractivity contribution is 5.80. The summed E-state index contributed by atoms with van der Waals surface area (Å²) >= 11 is 0. The maximum atomic E-state index is 11.9. The van der Waals surface area contributed by atoms with Crippen molar-refractivity contribution in [2.75, 3.05) is 6.54 Å². The van der Waals surface area contributed by atoms with Gasteiger partial charge in [-0.2, -0.15) is 5.10 Å². The molecule has 2 atom stereocenters. The maximum absolute atomic E-state index is 11.9. The molecule has 2 rings (SSSR count). The molecule has 0 aliphatic carbocycles. The average Bonchev–Trinajstić information content (AvgIpc) is 2.70. The molecule has 2 N–H and O–H groups in total. The first-order chi connectivity index (χ1) is 8.04. The molecule has 0 radical (unpaired) electrons. The number of hydrogen-bond acceptors (Lipinski definition) is 3. The maximum Gasteiger partial charge on any atom is 0.224 e. The van der Waals surface area contributed by atoms with E-state index in [0.29, 0.717) is 6.42 Å². The Bertz CT molecular complexity index is 407. The van der Waals surface area contributed by atoms with E-state index < -0.39 is 0 Å². The molecule has 1 amide bonds. The Hall–Kier alpha value is -1.36. The minimum Gasteiger partial charge on any atom is -0.332 e. The van der Waals surface area contributed by atoms with E-state index in [1.165, 1.54) is 0 Å². The second-order valence-electron chi connectivity index (χ2n) is 4.73. The van der Waals surface area contributed by atoms with E-state index >= 15 is 0 Å². The number of nitrogens with zero attached hydrogens (tertiary/aromatic N) is 3. The van der Waals surface area contributed by atoms with E-state index in [0.717, 1.165) is 24.4 Å². The summed E-state index contributed by atoms with van der Waals surface area (Å²) in [4.78, 5) is 13.7. The molecule has 0 spiro atoms. The van der Waals surface area contributed by atoms with Gasteiger partial charge in [-0.15, -0.1) is 0 Å². The van der Waals surface area contributed by atoms with Crippen LogP contribution in [0.2, 0.25) is 0 Å². The molecular formula is C12H20N4O. The molecule has 0 bridgehead atoms. The van der Waals surface area contributed by atoms with Gasteiger partial charge < -0.3 is 10.6 Å². The lowest BCUT2D eigenvalue weighted by Crippen LogP contribution is -2.34. The molecule has 1 aliphatic rings. The standard InChI is InChI=1S/C12H20N4O/c1-4-5-16-11(17)7-9(13)12(16)10-6-8(2)15(3)14-10/h6,9,12H,4-5,7,13H2,1-3H3. The fourth-order valence-electron chi connectivity index (χ4n) is 2.43. The Morgan fingerprint density at radius 2 is 2.29 bits per heavy atom. The van der Waals surface area contributed by atoms with Gasteiger partial charge in [0.1, 0.15) is 0 Å². The molecule has 2 heterocycles. The van der Waals surface area contributed by atoms with Crippen molar-refractivity contribution in [1.29, 1.82) is 0 Å². The number of carbonyl (C=O) groups excluding carboxylic acids is 1. The predicted molar refractivity (Wildman–Crippen MR) is 65.3 cm³/mol. The third-order valence-electron chi connectivity index (χ3n) is 3.37. The van der Waals surface area contributed by atoms with Crippen LogP contribution in [0.25, 0.3) is 0 Å². The average molecular weight is 236 g/mol. The van der Waals surface area contributed by atoms with Crippen molar-refractivity contribution in [3.63, 3.8) is 0 Å². The number of amides is 1. The lowest BCUT2D eigenvalue weighted by molar-refractivity contribution is -0.129. The summed E-state index contributed by atoms with van der Waals surface area (Å²) < 4.78 is 1.83. The smallest absolute Gasteiger partial charge is 0.224 e. The minimum atomic E-state index is -0.136. The SMILES string of the molecule is CCCN1C(=O)CC(N)C1c1cc(C)n(C)n1. The van der Waals surface area contributed by atoms with E-state index in [2.05, 4.69) is 12.0 Å². The molecule has 0 aromatic carbocycles. The van der Waals surface area contributed by atoms with E-state index in [1.807, 2.05) is 29.6 Å². The van der Waals surface area contributed by atoms with Crippen molar-refractivity contribution >= 4 is 5.91 Å². The van der Waals surface area contributed by atoms with Gasteiger partial charge in [-0.1, -0.05) is 6.92 Å². The third-order valence-corrected chi connectivity index (χ3v) is 3.37. The molecule has 1 saturated heterocycles. The largest absolute Gasteiger partial charge is 0.332 e. The lowest BCUT2D eigenvalue weighted by Gasteiger charge is -2.24. The molecule has 1 aliphatic heterocycles. The van der Waals surface area contributed by atoms with Crippen LogP contribution in [0.5, 0.6) is 0 Å². The van der Waals surface area contributed by atoms with E-state index in [9.17, 15) is 4.79 Å². The molecule has 17 heavy (non-hydrogen) atoms. The number of nitrogens with two attached hydrogens (primary N) is 1. The van der Waals surface area contributed by atoms with Gasteiger partial charge in [0, 0.05) is 31.7 Å². The fourth-order valence-corrected chi connectivity index (χ4v) is 2.43. The van der Waals surface area contributed by atoms with Gasteiger partial charge in [0.15, 0.2) is 0 Å². The predicted octanol–water partition coefficient (Wildman–Crippen LogP) is 0.739. The molecule has 1 fully saturated rings. The topological polar surface area (TPSA) is 64.2 Å². The number of hydrogen-bond donors (Lipinski definition) is 1. The van der Waals surface area contributed by atoms with Crippen LogP contribution in [0.3, 0.4) is 0 Å². The third kappa shape index (κ3) is 2.07. The zero-order chi connectivity index (χ0) is 12.6. The number of aromatic nitrogens is 2. The summed E-state index contributed by atoms with van der Waals surface area (Å²) in [6, 6.07) is 1.83. The fraction of sp³-hybridized carbons (Fsp3) is 0.667. The Morgan fingerprint density at radius 3 is 2.82 bits per heavy atom. The Balaban J connectivity index is 2.31. The summed E-state index contributed by atoms with van der Waals surface area (Å²) in [6.07, 6.45) is 1.38. The van der Waals surface area contributed by atoms with Gasteiger partial charge in [0.2, 0.25) is 5.91 Å². The van der Waals surface area contributed by atoms with Gasteiger partial charge in [-0.05, 0) is 19.4 Å². The molecule has 5 nitrogen and oxygen atoms in total. The highest BCUT2D eigenvalue weighted by atomic mass is 16.2. The Labute approximate surface area is 102 Å². The molecule has 1 aromatic heterocycles. The van der Waals surface area contributed by atoms with Gasteiger partial charge in [0.05, 0.1) is 11.7 Å². The molecular weight excluding hydrogens is 216 g/mol. The van der Waals surface area contributed by atoms with Crippen LogP contribution in [0, 0.1) is 6.92 Å². The first-order valence-corrected chi connectivity index (χ1v) is 6.10. The summed E-state index contributed by atoms with van der Waals surface area (Å²) in [5.74, 6) is 0.146. The van der Waals surface area contributed by atoms with Crippen molar-refractivity contribution in [2.45, 2.75) is 38.8 Å². The van der Waals surface area contributed by atoms with Crippen LogP contribution in [0.1, 0.15) is 37.2 Å². The van der Waals surface area contributed by atoms with Crippen LogP contribution in [-0.2, 0) is 11.8 Å². The number of aryl methyl sites for hydroxylation is 2. The quantitative estimate of drug-likeness (QED) is 0.842. The number of rotatable bonds is 3. The molecule has 0 saturated carbocycles. The van der Waals surface area contributed by atoms with Crippen molar-refractivity contribution in [1.82, 2.24) is 14.7 Å². The van der Waals surface area contributed by atoms with E-state index in [1.54, 1.807) is 0 Å². The van der Waals surface area contributed by atoms with Crippen molar-refractivity contribution in [3.8, 4) is 0 Å². The summed E-state index contributed by atoms with van der Waals surface area (Å²) in [7, 11) is 1.91. The summed E-state index contributed by atoms with van der Waals surface area (Å²) in [6.45, 7) is 4.83. The van der Waals surface area contributed by atoms with Crippen molar-refractivity contribution in [3.05, 3.63) is 17.5 Å². The second kappa shape index (κ2) is 4.49. The van der Waals surface area contributed by atoms with Crippen LogP contribution in [0.4, 0.5) is 0 Å². The highest BCUT2D eigenvalue weighted by Gasteiger charge is 2.39. The second-order valence-corrected chi connectivity index (χ2v) is 4.73. The molecule has 1 aromatic rings. The Kier molecular flexibility index (Phi) is 3.19. The van der Waals surface area contributed by atoms with Crippen molar-refractivity contribution in [2.24, 2.45) is 12.8 Å². The van der Waals surface area contributed by atoms with Crippen LogP contribution >= 0.6 is 0 Å². The number of likely N-dealkylation sites (tertiary alicyclic amines) is 1. The summed E-state index contributed by atoms with van der Waals surface area (Å²) in [5, 5.41) is 4.45. The van der Waals surface area contributed by atoms with Crippen LogP contribution in [-0.4, -0.2) is 33.2 Å². The number of carbonyl (C=O) groups is 1. The van der Waals surface area contributed by atoms with Gasteiger partial charge in [-0.3, -0.25) is 9.48 Å². The zero-order valence-corrected chi connectivity index (χ0v) is 10.7. The molecule has 2 unspecified atom stereocenters. The summed E-state index contributed by atoms with van der Waals surface area (Å²) in [5.41, 5.74) is 8.07. The van der Waals surface area contributed by atoms with Crippen LogP contribution < -0.4 is 5.73 Å². The highest BCUT2D eigenvalue weighted by Crippen LogP contribution is 2.31. The molecule has 94 valence electrons. The minimum absolute atomic E-state index is 0.0534. The van der Waals surface area contributed by atoms with Gasteiger partial charge in [-0.25, -0.2) is 0 Å². The normalized spacial score (nSPS) is 24.7. The van der Waals surface area contributed by atoms with Gasteiger partial charge in [0.25, 0.3) is 0 Å².